The van der Waals surface area contributed by atoms with Crippen LogP contribution in [0.5, 0.6) is 17.4 Å². The number of hydrogen-bond donors (Lipinski definition) is 2. The fourth-order valence-corrected chi connectivity index (χ4v) is 5.26. The lowest BCUT2D eigenvalue weighted by Crippen LogP contribution is -2.34. The first-order valence-electron chi connectivity index (χ1n) is 12.0. The van der Waals surface area contributed by atoms with E-state index in [1.54, 1.807) is 67.1 Å². The van der Waals surface area contributed by atoms with Crippen LogP contribution in [0.2, 0.25) is 0 Å². The van der Waals surface area contributed by atoms with Crippen molar-refractivity contribution in [1.82, 2.24) is 9.97 Å². The molecule has 4 heterocycles. The summed E-state index contributed by atoms with van der Waals surface area (Å²) >= 11 is 0. The second kappa shape index (κ2) is 9.66. The summed E-state index contributed by atoms with van der Waals surface area (Å²) in [6.07, 6.45) is 1.37. The van der Waals surface area contributed by atoms with Crippen molar-refractivity contribution in [1.29, 1.82) is 0 Å². The number of H-pyrrole nitrogens is 1. The lowest BCUT2D eigenvalue weighted by Gasteiger charge is -2.16. The van der Waals surface area contributed by atoms with Crippen molar-refractivity contribution in [2.24, 2.45) is 4.36 Å². The molecule has 9 nitrogen and oxygen atoms in total. The Kier molecular flexibility index (Phi) is 6.31. The normalized spacial score (nSPS) is 22.9. The number of benzene rings is 2. The predicted molar refractivity (Wildman–Crippen MR) is 140 cm³/mol. The topological polar surface area (TPSA) is 115 Å². The third kappa shape index (κ3) is 5.10. The summed E-state index contributed by atoms with van der Waals surface area (Å²) in [6.45, 7) is 0.508. The highest BCUT2D eigenvalue weighted by molar-refractivity contribution is 7.92. The van der Waals surface area contributed by atoms with Crippen LogP contribution < -0.4 is 9.47 Å². The quantitative estimate of drug-likeness (QED) is 0.373. The molecule has 0 unspecified atom stereocenters. The third-order valence-corrected chi connectivity index (χ3v) is 6.97. The van der Waals surface area contributed by atoms with Crippen molar-refractivity contribution in [3.63, 3.8) is 0 Å². The minimum absolute atomic E-state index is 0.204. The molecule has 0 aliphatic carbocycles. The van der Waals surface area contributed by atoms with E-state index in [2.05, 4.69) is 14.3 Å². The largest absolute Gasteiger partial charge is 0.470 e. The number of ether oxygens (including phenoxy) is 4. The Hall–Kier alpha value is -3.51. The number of aliphatic hydroxyl groups is 1. The van der Waals surface area contributed by atoms with Crippen molar-refractivity contribution in [2.75, 3.05) is 25.7 Å². The van der Waals surface area contributed by atoms with Crippen molar-refractivity contribution >= 4 is 26.4 Å². The molecule has 2 saturated heterocycles. The van der Waals surface area contributed by atoms with E-state index in [0.717, 1.165) is 0 Å². The number of aromatic nitrogens is 2. The van der Waals surface area contributed by atoms with Gasteiger partial charge in [-0.15, -0.1) is 0 Å². The Balaban J connectivity index is 1.17. The molecule has 2 fully saturated rings. The standard InChI is InChI=1S/C27H26FN3O6S/c1-38(2,33)31-16-5-9-18(10-6-16)36-17-7-3-15(4-8-17)25-19(28)11-20-21(30-25)12-24(29-20)37-23-14-35-26-22(32)13-34-27(23)26/h3-12,22-23,26-27,29,32H,13-14H2,1-2H3/t22-,23-,26-,27-/m1/s1. The molecule has 2 aliphatic heterocycles. The van der Waals surface area contributed by atoms with Gasteiger partial charge in [-0.2, -0.15) is 4.36 Å². The second-order valence-corrected chi connectivity index (χ2v) is 12.1. The van der Waals surface area contributed by atoms with Gasteiger partial charge in [0.2, 0.25) is 0 Å². The number of nitrogens with zero attached hydrogens (tertiary/aromatic N) is 2. The maximum absolute atomic E-state index is 15.0. The van der Waals surface area contributed by atoms with Gasteiger partial charge in [0.05, 0.1) is 29.9 Å². The molecular weight excluding hydrogens is 513 g/mol. The average Bonchev–Trinajstić information content (AvgIpc) is 3.56. The second-order valence-electron chi connectivity index (χ2n) is 9.60. The number of aromatic amines is 1. The van der Waals surface area contributed by atoms with Crippen molar-refractivity contribution in [3.8, 4) is 28.6 Å². The van der Waals surface area contributed by atoms with Crippen LogP contribution in [-0.2, 0) is 19.2 Å². The number of hydrogen-bond acceptors (Lipinski definition) is 8. The average molecular weight is 540 g/mol. The first kappa shape index (κ1) is 24.8. The van der Waals surface area contributed by atoms with Crippen LogP contribution in [0, 0.1) is 5.82 Å². The number of pyridine rings is 1. The minimum Gasteiger partial charge on any atom is -0.470 e. The van der Waals surface area contributed by atoms with Crippen LogP contribution in [-0.4, -0.2) is 69.4 Å². The van der Waals surface area contributed by atoms with Gasteiger partial charge in [-0.05, 0) is 48.5 Å². The van der Waals surface area contributed by atoms with Gasteiger partial charge in [0, 0.05) is 39.9 Å². The van der Waals surface area contributed by atoms with Gasteiger partial charge in [-0.1, -0.05) is 0 Å². The number of aliphatic hydroxyl groups excluding tert-OH is 1. The Morgan fingerprint density at radius 1 is 1.03 bits per heavy atom. The fourth-order valence-electron chi connectivity index (χ4n) is 4.63. The third-order valence-electron chi connectivity index (χ3n) is 6.32. The van der Waals surface area contributed by atoms with Gasteiger partial charge in [-0.3, -0.25) is 0 Å². The van der Waals surface area contributed by atoms with E-state index in [-0.39, 0.29) is 24.5 Å². The summed E-state index contributed by atoms with van der Waals surface area (Å²) < 4.78 is 54.1. The van der Waals surface area contributed by atoms with E-state index in [9.17, 15) is 13.7 Å². The maximum atomic E-state index is 15.0. The van der Waals surface area contributed by atoms with Crippen LogP contribution in [0.4, 0.5) is 10.1 Å². The van der Waals surface area contributed by atoms with Crippen LogP contribution in [0.1, 0.15) is 0 Å². The summed E-state index contributed by atoms with van der Waals surface area (Å²) in [5, 5.41) is 9.92. The molecule has 2 aliphatic rings. The van der Waals surface area contributed by atoms with Gasteiger partial charge >= 0.3 is 0 Å². The molecule has 2 aromatic carbocycles. The molecule has 0 bridgehead atoms. The highest BCUT2D eigenvalue weighted by Gasteiger charge is 2.48. The Bertz CT molecular complexity index is 1590. The Morgan fingerprint density at radius 3 is 2.42 bits per heavy atom. The SMILES string of the molecule is CS(C)(=O)=Nc1ccc(Oc2ccc(-c3nc4cc(O[C@@H]5CO[C@H]6[C@@H]5OC[C@H]6O)[nH]c4cc3F)cc2)cc1. The fraction of sp³-hybridized carbons (Fsp3) is 0.296. The molecule has 38 heavy (non-hydrogen) atoms. The van der Waals surface area contributed by atoms with Crippen LogP contribution in [0.25, 0.3) is 22.3 Å². The van der Waals surface area contributed by atoms with Gasteiger partial charge in [0.15, 0.2) is 17.8 Å². The van der Waals surface area contributed by atoms with E-state index >= 15 is 0 Å². The van der Waals surface area contributed by atoms with Gasteiger partial charge < -0.3 is 29.0 Å². The number of rotatable bonds is 6. The predicted octanol–water partition coefficient (Wildman–Crippen LogP) is 4.43. The van der Waals surface area contributed by atoms with E-state index in [1.165, 1.54) is 6.07 Å². The molecule has 6 rings (SSSR count). The zero-order valence-electron chi connectivity index (χ0n) is 20.7. The van der Waals surface area contributed by atoms with Crippen LogP contribution in [0.15, 0.2) is 65.0 Å². The lowest BCUT2D eigenvalue weighted by molar-refractivity contribution is 0.00794. The molecular formula is C27H26FN3O6S. The van der Waals surface area contributed by atoms with E-state index < -0.39 is 27.8 Å². The lowest BCUT2D eigenvalue weighted by atomic mass is 10.1. The van der Waals surface area contributed by atoms with Gasteiger partial charge in [-0.25, -0.2) is 13.6 Å². The smallest absolute Gasteiger partial charge is 0.193 e. The van der Waals surface area contributed by atoms with E-state index in [0.29, 0.717) is 46.3 Å². The number of fused-ring (bicyclic) bond motifs is 2. The zero-order chi connectivity index (χ0) is 26.4. The molecule has 198 valence electrons. The first-order chi connectivity index (χ1) is 18.2. The van der Waals surface area contributed by atoms with Crippen molar-refractivity contribution in [2.45, 2.75) is 24.4 Å². The van der Waals surface area contributed by atoms with Crippen molar-refractivity contribution in [3.05, 3.63) is 66.5 Å². The van der Waals surface area contributed by atoms with Gasteiger partial charge in [0.1, 0.15) is 35.5 Å². The molecule has 2 aromatic heterocycles. The zero-order valence-corrected chi connectivity index (χ0v) is 21.5. The molecule has 0 amide bonds. The highest BCUT2D eigenvalue weighted by atomic mass is 32.2. The Morgan fingerprint density at radius 2 is 1.71 bits per heavy atom. The maximum Gasteiger partial charge on any atom is 0.193 e. The molecule has 4 aromatic rings. The summed E-state index contributed by atoms with van der Waals surface area (Å²) in [5.74, 6) is 1.11. The van der Waals surface area contributed by atoms with Crippen LogP contribution in [0.3, 0.4) is 0 Å². The molecule has 0 radical (unpaired) electrons. The van der Waals surface area contributed by atoms with E-state index in [1.807, 2.05) is 0 Å². The summed E-state index contributed by atoms with van der Waals surface area (Å²) in [7, 11) is -2.24. The Labute approximate surface area is 218 Å². The summed E-state index contributed by atoms with van der Waals surface area (Å²) in [5.41, 5.74) is 2.46. The monoisotopic (exact) mass is 539 g/mol. The number of halogens is 1. The molecule has 4 atom stereocenters. The molecule has 11 heteroatoms. The summed E-state index contributed by atoms with van der Waals surface area (Å²) in [4.78, 5) is 7.55. The van der Waals surface area contributed by atoms with Gasteiger partial charge in [0.25, 0.3) is 0 Å². The summed E-state index contributed by atoms with van der Waals surface area (Å²) in [6, 6.07) is 17.0. The molecule has 2 N–H and O–H groups in total. The molecule has 0 saturated carbocycles. The van der Waals surface area contributed by atoms with Crippen molar-refractivity contribution < 1.29 is 32.7 Å². The minimum atomic E-state index is -2.24. The highest BCUT2D eigenvalue weighted by Crippen LogP contribution is 2.33. The number of nitrogens with one attached hydrogen (secondary N) is 1. The molecule has 0 spiro atoms. The van der Waals surface area contributed by atoms with E-state index in [4.69, 9.17) is 18.9 Å². The van der Waals surface area contributed by atoms with Crippen LogP contribution >= 0.6 is 0 Å². The first-order valence-corrected chi connectivity index (χ1v) is 14.4.